The second kappa shape index (κ2) is 8.73. The van der Waals surface area contributed by atoms with Gasteiger partial charge < -0.3 is 9.33 Å². The number of hydrogen-bond donors (Lipinski definition) is 0. The maximum absolute atomic E-state index is 6.67. The molecule has 3 heteroatoms. The van der Waals surface area contributed by atoms with Gasteiger partial charge in [0.25, 0.3) is 0 Å². The molecular weight excluding hydrogens is 286 g/mol. The fourth-order valence-corrected chi connectivity index (χ4v) is 9.39. The minimum atomic E-state index is -1.73. The van der Waals surface area contributed by atoms with E-state index in [0.717, 1.165) is 19.7 Å². The van der Waals surface area contributed by atoms with Crippen LogP contribution in [0.2, 0.25) is 16.6 Å². The van der Waals surface area contributed by atoms with E-state index in [0.29, 0.717) is 16.6 Å². The molecule has 0 aliphatic rings. The van der Waals surface area contributed by atoms with Gasteiger partial charge in [0, 0.05) is 18.8 Å². The smallest absolute Gasteiger partial charge is 0.200 e. The molecule has 0 amide bonds. The summed E-state index contributed by atoms with van der Waals surface area (Å²) in [6, 6.07) is 10.6. The lowest BCUT2D eigenvalue weighted by Gasteiger charge is -2.42. The van der Waals surface area contributed by atoms with Crippen molar-refractivity contribution in [2.24, 2.45) is 0 Å². The summed E-state index contributed by atoms with van der Waals surface area (Å²) in [5.74, 6) is 0. The fraction of sp³-hybridized carbons (Fsp3) is 0.684. The van der Waals surface area contributed by atoms with E-state index in [2.05, 4.69) is 83.7 Å². The number of hydrogen-bond acceptors (Lipinski definition) is 2. The summed E-state index contributed by atoms with van der Waals surface area (Å²) in [6.07, 6.45) is 0. The van der Waals surface area contributed by atoms with Crippen molar-refractivity contribution in [3.63, 3.8) is 0 Å². The van der Waals surface area contributed by atoms with Gasteiger partial charge >= 0.3 is 0 Å². The van der Waals surface area contributed by atoms with Crippen molar-refractivity contribution < 1.29 is 4.43 Å². The Bertz CT molecular complexity index is 395. The Labute approximate surface area is 139 Å². The van der Waals surface area contributed by atoms with E-state index in [4.69, 9.17) is 4.43 Å². The van der Waals surface area contributed by atoms with E-state index in [1.54, 1.807) is 0 Å². The van der Waals surface area contributed by atoms with Crippen LogP contribution >= 0.6 is 0 Å². The first-order chi connectivity index (χ1) is 10.4. The van der Waals surface area contributed by atoms with Gasteiger partial charge in [0.15, 0.2) is 8.32 Å². The summed E-state index contributed by atoms with van der Waals surface area (Å²) < 4.78 is 6.67. The monoisotopic (exact) mass is 321 g/mol. The third kappa shape index (κ3) is 4.36. The van der Waals surface area contributed by atoms with Crippen molar-refractivity contribution in [2.45, 2.75) is 65.1 Å². The Balaban J connectivity index is 2.73. The largest absolute Gasteiger partial charge is 0.414 e. The van der Waals surface area contributed by atoms with Crippen molar-refractivity contribution in [3.8, 4) is 0 Å². The van der Waals surface area contributed by atoms with Crippen molar-refractivity contribution in [1.29, 1.82) is 0 Å². The molecule has 0 spiro atoms. The minimum absolute atomic E-state index is 0.652. The molecule has 0 aromatic heterocycles. The third-order valence-corrected chi connectivity index (χ3v) is 11.0. The fourth-order valence-electron chi connectivity index (χ4n) is 3.94. The Kier molecular flexibility index (Phi) is 7.64. The molecule has 0 saturated heterocycles. The molecule has 1 aromatic carbocycles. The predicted molar refractivity (Wildman–Crippen MR) is 101 cm³/mol. The normalized spacial score (nSPS) is 12.5. The maximum atomic E-state index is 6.67. The van der Waals surface area contributed by atoms with Crippen LogP contribution in [0, 0.1) is 0 Å². The minimum Gasteiger partial charge on any atom is -0.414 e. The van der Waals surface area contributed by atoms with E-state index in [-0.39, 0.29) is 0 Å². The topological polar surface area (TPSA) is 12.5 Å². The maximum Gasteiger partial charge on any atom is 0.200 e. The molecule has 0 N–H and O–H groups in total. The molecule has 1 rings (SSSR count). The summed E-state index contributed by atoms with van der Waals surface area (Å²) in [7, 11) is -1.73. The van der Waals surface area contributed by atoms with Gasteiger partial charge in [0.05, 0.1) is 6.61 Å². The van der Waals surface area contributed by atoms with Gasteiger partial charge in [-0.2, -0.15) is 0 Å². The first-order valence-electron chi connectivity index (χ1n) is 8.80. The lowest BCUT2D eigenvalue weighted by atomic mass is 10.3. The van der Waals surface area contributed by atoms with Gasteiger partial charge in [0.1, 0.15) is 0 Å². The molecule has 0 fully saturated rings. The number of anilines is 1. The van der Waals surface area contributed by atoms with Crippen LogP contribution in [0.5, 0.6) is 0 Å². The van der Waals surface area contributed by atoms with E-state index in [9.17, 15) is 0 Å². The zero-order valence-electron chi connectivity index (χ0n) is 15.6. The van der Waals surface area contributed by atoms with Crippen LogP contribution in [-0.2, 0) is 4.43 Å². The first-order valence-corrected chi connectivity index (χ1v) is 10.9. The second-order valence-electron chi connectivity index (χ2n) is 7.08. The van der Waals surface area contributed by atoms with Gasteiger partial charge in [-0.25, -0.2) is 0 Å². The molecule has 0 saturated carbocycles. The standard InChI is InChI=1S/C19H35NOSi/c1-8-20(19-12-10-9-11-13-19)14-15-21-22(16(2)3,17(4)5)18(6)7/h9-13,16-18H,8,14-15H2,1-7H3. The van der Waals surface area contributed by atoms with Gasteiger partial charge in [-0.3, -0.25) is 0 Å². The van der Waals surface area contributed by atoms with Gasteiger partial charge in [-0.1, -0.05) is 59.7 Å². The lowest BCUT2D eigenvalue weighted by molar-refractivity contribution is 0.284. The number of likely N-dealkylation sites (N-methyl/N-ethyl adjacent to an activating group) is 1. The van der Waals surface area contributed by atoms with E-state index >= 15 is 0 Å². The molecule has 126 valence electrons. The molecule has 1 aromatic rings. The van der Waals surface area contributed by atoms with Crippen LogP contribution in [0.15, 0.2) is 30.3 Å². The molecule has 0 heterocycles. The van der Waals surface area contributed by atoms with Gasteiger partial charge in [-0.15, -0.1) is 0 Å². The molecule has 0 atom stereocenters. The molecule has 0 bridgehead atoms. The molecule has 22 heavy (non-hydrogen) atoms. The van der Waals surface area contributed by atoms with Crippen LogP contribution in [0.3, 0.4) is 0 Å². The number of benzene rings is 1. The summed E-state index contributed by atoms with van der Waals surface area (Å²) in [5.41, 5.74) is 3.25. The van der Waals surface area contributed by atoms with Crippen LogP contribution in [-0.4, -0.2) is 28.0 Å². The lowest BCUT2D eigenvalue weighted by Crippen LogP contribution is -2.49. The van der Waals surface area contributed by atoms with Gasteiger partial charge in [0.2, 0.25) is 0 Å². The van der Waals surface area contributed by atoms with Crippen LogP contribution in [0.1, 0.15) is 48.5 Å². The summed E-state index contributed by atoms with van der Waals surface area (Å²) >= 11 is 0. The molecule has 0 unspecified atom stereocenters. The highest BCUT2D eigenvalue weighted by atomic mass is 28.4. The van der Waals surface area contributed by atoms with Gasteiger partial charge in [-0.05, 0) is 35.7 Å². The Morgan fingerprint density at radius 2 is 1.41 bits per heavy atom. The predicted octanol–water partition coefficient (Wildman–Crippen LogP) is 5.71. The zero-order chi connectivity index (χ0) is 16.8. The highest BCUT2D eigenvalue weighted by Crippen LogP contribution is 2.42. The number of rotatable bonds is 9. The Hall–Kier alpha value is -0.803. The van der Waals surface area contributed by atoms with E-state index in [1.807, 2.05) is 0 Å². The highest BCUT2D eigenvalue weighted by molar-refractivity contribution is 6.77. The zero-order valence-corrected chi connectivity index (χ0v) is 16.6. The summed E-state index contributed by atoms with van der Waals surface area (Å²) in [4.78, 5) is 2.40. The van der Waals surface area contributed by atoms with Crippen molar-refractivity contribution in [1.82, 2.24) is 0 Å². The summed E-state index contributed by atoms with van der Waals surface area (Å²) in [5, 5.41) is 0. The molecule has 2 nitrogen and oxygen atoms in total. The highest BCUT2D eigenvalue weighted by Gasteiger charge is 2.44. The van der Waals surface area contributed by atoms with E-state index < -0.39 is 8.32 Å². The van der Waals surface area contributed by atoms with Crippen molar-refractivity contribution in [2.75, 3.05) is 24.6 Å². The van der Waals surface area contributed by atoms with Crippen LogP contribution in [0.25, 0.3) is 0 Å². The average Bonchev–Trinajstić information content (AvgIpc) is 2.47. The molecule has 0 aliphatic carbocycles. The van der Waals surface area contributed by atoms with Crippen LogP contribution in [0.4, 0.5) is 5.69 Å². The van der Waals surface area contributed by atoms with Crippen molar-refractivity contribution >= 4 is 14.0 Å². The number of nitrogens with zero attached hydrogens (tertiary/aromatic N) is 1. The second-order valence-corrected chi connectivity index (χ2v) is 12.5. The Morgan fingerprint density at radius 3 is 1.82 bits per heavy atom. The molecular formula is C19H35NOSi. The Morgan fingerprint density at radius 1 is 0.909 bits per heavy atom. The molecule has 0 aliphatic heterocycles. The summed E-state index contributed by atoms with van der Waals surface area (Å²) in [6.45, 7) is 19.1. The van der Waals surface area contributed by atoms with Crippen LogP contribution < -0.4 is 4.90 Å². The SMILES string of the molecule is CCN(CCO[Si](C(C)C)(C(C)C)C(C)C)c1ccccc1. The van der Waals surface area contributed by atoms with E-state index in [1.165, 1.54) is 5.69 Å². The van der Waals surface area contributed by atoms with Crippen molar-refractivity contribution in [3.05, 3.63) is 30.3 Å². The quantitative estimate of drug-likeness (QED) is 0.540. The number of para-hydroxylation sites is 1. The first kappa shape index (κ1) is 19.2. The molecule has 0 radical (unpaired) electrons. The average molecular weight is 322 g/mol. The third-order valence-electron chi connectivity index (χ3n) is 4.92.